The van der Waals surface area contributed by atoms with Gasteiger partial charge in [0, 0.05) is 28.7 Å². The summed E-state index contributed by atoms with van der Waals surface area (Å²) in [4.78, 5) is 24.1. The van der Waals surface area contributed by atoms with Gasteiger partial charge in [0.2, 0.25) is 5.95 Å². The monoisotopic (exact) mass is 476 g/mol. The van der Waals surface area contributed by atoms with Crippen molar-refractivity contribution in [2.75, 3.05) is 11.9 Å². The highest BCUT2D eigenvalue weighted by Gasteiger charge is 2.53. The molecular formula is C28H33ClN4O. The fourth-order valence-corrected chi connectivity index (χ4v) is 7.76. The van der Waals surface area contributed by atoms with Gasteiger partial charge in [0.15, 0.2) is 0 Å². The Labute approximate surface area is 206 Å². The van der Waals surface area contributed by atoms with Crippen LogP contribution in [0.2, 0.25) is 5.02 Å². The molecule has 4 aliphatic rings. The second kappa shape index (κ2) is 8.37. The average Bonchev–Trinajstić information content (AvgIpc) is 2.79. The van der Waals surface area contributed by atoms with Gasteiger partial charge in [-0.1, -0.05) is 43.1 Å². The van der Waals surface area contributed by atoms with Crippen LogP contribution < -0.4 is 10.9 Å². The molecule has 0 aliphatic heterocycles. The SMILES string of the molecule is CCCCNc1ncc2c(C)c(-c3ccccc3Cl)c(=O)n(C34CC5CC(CC(C5)C3)C4)c2n1. The predicted molar refractivity (Wildman–Crippen MR) is 139 cm³/mol. The third-order valence-corrected chi connectivity index (χ3v) is 8.94. The van der Waals surface area contributed by atoms with E-state index in [2.05, 4.69) is 21.8 Å². The van der Waals surface area contributed by atoms with Crippen LogP contribution in [0.15, 0.2) is 35.3 Å². The highest BCUT2D eigenvalue weighted by atomic mass is 35.5. The van der Waals surface area contributed by atoms with E-state index in [-0.39, 0.29) is 11.1 Å². The smallest absolute Gasteiger partial charge is 0.260 e. The Morgan fingerprint density at radius 3 is 2.44 bits per heavy atom. The number of aromatic nitrogens is 3. The van der Waals surface area contributed by atoms with E-state index < -0.39 is 0 Å². The maximum Gasteiger partial charge on any atom is 0.260 e. The van der Waals surface area contributed by atoms with Crippen molar-refractivity contribution < 1.29 is 0 Å². The van der Waals surface area contributed by atoms with Gasteiger partial charge in [0.25, 0.3) is 5.56 Å². The topological polar surface area (TPSA) is 59.8 Å². The zero-order valence-corrected chi connectivity index (χ0v) is 20.9. The first-order chi connectivity index (χ1) is 16.5. The van der Waals surface area contributed by atoms with Crippen molar-refractivity contribution in [1.29, 1.82) is 0 Å². The lowest BCUT2D eigenvalue weighted by molar-refractivity contribution is -0.0426. The standard InChI is InChI=1S/C28H33ClN4O/c1-3-4-9-30-27-31-16-22-17(2)24(21-7-5-6-8-23(21)29)26(34)33(25(22)32-27)28-13-18-10-19(14-28)12-20(11-18)15-28/h5-8,16,18-20H,3-4,9-15H2,1-2H3,(H,30,31,32). The Morgan fingerprint density at radius 1 is 1.12 bits per heavy atom. The lowest BCUT2D eigenvalue weighted by Crippen LogP contribution is -2.55. The van der Waals surface area contributed by atoms with Gasteiger partial charge in [-0.3, -0.25) is 9.36 Å². The molecule has 4 fully saturated rings. The molecule has 4 bridgehead atoms. The van der Waals surface area contributed by atoms with Crippen molar-refractivity contribution in [2.24, 2.45) is 17.8 Å². The molecule has 0 atom stereocenters. The molecular weight excluding hydrogens is 444 g/mol. The molecule has 2 heterocycles. The van der Waals surface area contributed by atoms with Crippen LogP contribution in [0.25, 0.3) is 22.2 Å². The van der Waals surface area contributed by atoms with E-state index >= 15 is 0 Å². The fraction of sp³-hybridized carbons (Fsp3) is 0.536. The first kappa shape index (κ1) is 22.1. The number of anilines is 1. The van der Waals surface area contributed by atoms with Crippen molar-refractivity contribution in [3.63, 3.8) is 0 Å². The average molecular weight is 477 g/mol. The van der Waals surface area contributed by atoms with Crippen LogP contribution >= 0.6 is 11.6 Å². The van der Waals surface area contributed by atoms with Crippen LogP contribution in [0, 0.1) is 24.7 Å². The zero-order chi connectivity index (χ0) is 23.4. The Hall–Kier alpha value is -2.40. The minimum Gasteiger partial charge on any atom is -0.354 e. The molecule has 0 radical (unpaired) electrons. The number of benzene rings is 1. The van der Waals surface area contributed by atoms with Crippen molar-refractivity contribution in [1.82, 2.24) is 14.5 Å². The van der Waals surface area contributed by atoms with Crippen LogP contribution in [0.3, 0.4) is 0 Å². The van der Waals surface area contributed by atoms with Gasteiger partial charge in [0.05, 0.1) is 11.1 Å². The van der Waals surface area contributed by atoms with Gasteiger partial charge in [-0.2, -0.15) is 4.98 Å². The van der Waals surface area contributed by atoms with Crippen molar-refractivity contribution in [3.8, 4) is 11.1 Å². The van der Waals surface area contributed by atoms with Crippen LogP contribution in [0.1, 0.15) is 63.9 Å². The molecule has 178 valence electrons. The van der Waals surface area contributed by atoms with E-state index in [0.717, 1.165) is 78.6 Å². The van der Waals surface area contributed by atoms with Gasteiger partial charge in [-0.05, 0) is 81.3 Å². The predicted octanol–water partition coefficient (Wildman–Crippen LogP) is 6.56. The molecule has 0 unspecified atom stereocenters. The van der Waals surface area contributed by atoms with Crippen LogP contribution in [-0.2, 0) is 5.54 Å². The summed E-state index contributed by atoms with van der Waals surface area (Å²) in [5.41, 5.74) is 3.10. The molecule has 7 rings (SSSR count). The van der Waals surface area contributed by atoms with Crippen LogP contribution in [0.4, 0.5) is 5.95 Å². The first-order valence-electron chi connectivity index (χ1n) is 12.9. The Morgan fingerprint density at radius 2 is 1.79 bits per heavy atom. The normalized spacial score (nSPS) is 27.4. The molecule has 0 saturated heterocycles. The molecule has 3 aromatic rings. The third-order valence-electron chi connectivity index (χ3n) is 8.61. The number of nitrogens with one attached hydrogen (secondary N) is 1. The summed E-state index contributed by atoms with van der Waals surface area (Å²) in [5.74, 6) is 2.79. The molecule has 4 aliphatic carbocycles. The highest BCUT2D eigenvalue weighted by molar-refractivity contribution is 6.33. The van der Waals surface area contributed by atoms with E-state index in [1.807, 2.05) is 37.4 Å². The van der Waals surface area contributed by atoms with Gasteiger partial charge >= 0.3 is 0 Å². The van der Waals surface area contributed by atoms with E-state index in [0.29, 0.717) is 16.5 Å². The summed E-state index contributed by atoms with van der Waals surface area (Å²) in [6.07, 6.45) is 11.3. The number of hydrogen-bond donors (Lipinski definition) is 1. The summed E-state index contributed by atoms with van der Waals surface area (Å²) in [5, 5.41) is 4.93. The third kappa shape index (κ3) is 3.46. The molecule has 0 spiro atoms. The molecule has 2 aromatic heterocycles. The Balaban J connectivity index is 1.61. The zero-order valence-electron chi connectivity index (χ0n) is 20.1. The van der Waals surface area contributed by atoms with E-state index in [9.17, 15) is 4.79 Å². The summed E-state index contributed by atoms with van der Waals surface area (Å²) in [6.45, 7) is 5.02. The van der Waals surface area contributed by atoms with E-state index in [4.69, 9.17) is 16.6 Å². The van der Waals surface area contributed by atoms with Gasteiger partial charge in [-0.15, -0.1) is 0 Å². The molecule has 5 nitrogen and oxygen atoms in total. The number of unbranched alkanes of at least 4 members (excludes halogenated alkanes) is 1. The maximum absolute atomic E-state index is 14.5. The lowest BCUT2D eigenvalue weighted by atomic mass is 9.53. The second-order valence-corrected chi connectivity index (χ2v) is 11.4. The molecule has 1 N–H and O–H groups in total. The minimum absolute atomic E-state index is 0.0539. The number of rotatable bonds is 6. The Bertz CT molecular complexity index is 1280. The first-order valence-corrected chi connectivity index (χ1v) is 13.3. The molecule has 0 amide bonds. The molecule has 34 heavy (non-hydrogen) atoms. The van der Waals surface area contributed by atoms with Gasteiger partial charge in [0.1, 0.15) is 5.65 Å². The number of fused-ring (bicyclic) bond motifs is 1. The maximum atomic E-state index is 14.5. The molecule has 4 saturated carbocycles. The number of hydrogen-bond acceptors (Lipinski definition) is 4. The van der Waals surface area contributed by atoms with E-state index in [1.165, 1.54) is 19.3 Å². The summed E-state index contributed by atoms with van der Waals surface area (Å²) in [7, 11) is 0. The van der Waals surface area contributed by atoms with E-state index in [1.54, 1.807) is 0 Å². The number of aryl methyl sites for hydroxylation is 1. The quantitative estimate of drug-likeness (QED) is 0.409. The van der Waals surface area contributed by atoms with Crippen molar-refractivity contribution >= 4 is 28.6 Å². The number of halogens is 1. The van der Waals surface area contributed by atoms with Gasteiger partial charge in [-0.25, -0.2) is 4.98 Å². The van der Waals surface area contributed by atoms with Crippen LogP contribution in [0.5, 0.6) is 0 Å². The summed E-state index contributed by atoms with van der Waals surface area (Å²) >= 11 is 6.63. The molecule has 6 heteroatoms. The highest BCUT2D eigenvalue weighted by Crippen LogP contribution is 2.59. The largest absolute Gasteiger partial charge is 0.354 e. The Kier molecular flexibility index (Phi) is 5.44. The lowest BCUT2D eigenvalue weighted by Gasteiger charge is -2.57. The summed E-state index contributed by atoms with van der Waals surface area (Å²) in [6, 6.07) is 7.70. The number of nitrogens with zero attached hydrogens (tertiary/aromatic N) is 3. The van der Waals surface area contributed by atoms with Crippen LogP contribution in [-0.4, -0.2) is 21.1 Å². The summed E-state index contributed by atoms with van der Waals surface area (Å²) < 4.78 is 2.10. The fourth-order valence-electron chi connectivity index (χ4n) is 7.53. The molecule has 1 aromatic carbocycles. The second-order valence-electron chi connectivity index (χ2n) is 11.0. The van der Waals surface area contributed by atoms with Gasteiger partial charge < -0.3 is 5.32 Å². The van der Waals surface area contributed by atoms with Crippen molar-refractivity contribution in [2.45, 2.75) is 70.8 Å². The number of pyridine rings is 1. The minimum atomic E-state index is -0.150. The van der Waals surface area contributed by atoms with Crippen molar-refractivity contribution in [3.05, 3.63) is 51.4 Å².